The van der Waals surface area contributed by atoms with E-state index in [1.54, 1.807) is 0 Å². The molecule has 0 aromatic carbocycles. The minimum Gasteiger partial charge on any atom is -0.351 e. The Morgan fingerprint density at radius 2 is 2.33 bits per heavy atom. The van der Waals surface area contributed by atoms with E-state index < -0.39 is 11.7 Å². The number of hydrogen-bond donors (Lipinski definition) is 1. The minimum absolute atomic E-state index is 0.0119. The Kier molecular flexibility index (Phi) is 3.83. The Hall–Kier alpha value is -2.02. The number of carbonyl (C=O) groups excluding carboxylic acids is 1. The summed E-state index contributed by atoms with van der Waals surface area (Å²) in [6, 6.07) is 1.03. The molecule has 2 heterocycles. The Bertz CT molecular complexity index is 547. The van der Waals surface area contributed by atoms with Gasteiger partial charge in [-0.25, -0.2) is 9.37 Å². The summed E-state index contributed by atoms with van der Waals surface area (Å²) in [6.07, 6.45) is 2.59. The molecule has 0 aliphatic heterocycles. The van der Waals surface area contributed by atoms with Crippen LogP contribution in [0, 0.1) is 5.82 Å². The molecule has 0 aliphatic rings. The topological polar surface area (TPSA) is 80.9 Å². The van der Waals surface area contributed by atoms with Gasteiger partial charge in [0.15, 0.2) is 6.33 Å². The zero-order chi connectivity index (χ0) is 13.0. The van der Waals surface area contributed by atoms with Crippen LogP contribution in [-0.4, -0.2) is 27.6 Å². The van der Waals surface area contributed by atoms with Crippen LogP contribution in [0.5, 0.6) is 0 Å². The second-order valence-electron chi connectivity index (χ2n) is 3.33. The zero-order valence-electron chi connectivity index (χ0n) is 9.06. The number of halogens is 2. The van der Waals surface area contributed by atoms with Gasteiger partial charge >= 0.3 is 0 Å². The first-order valence-corrected chi connectivity index (χ1v) is 5.39. The molecule has 0 fully saturated rings. The molecule has 2 aromatic heterocycles. The van der Waals surface area contributed by atoms with Crippen molar-refractivity contribution < 1.29 is 13.7 Å². The molecule has 8 heteroatoms. The molecule has 6 nitrogen and oxygen atoms in total. The smallest absolute Gasteiger partial charge is 0.254 e. The molecular formula is C10H8ClFN4O2. The second-order valence-corrected chi connectivity index (χ2v) is 3.69. The van der Waals surface area contributed by atoms with Gasteiger partial charge in [0.25, 0.3) is 5.91 Å². The van der Waals surface area contributed by atoms with Crippen LogP contribution in [0.15, 0.2) is 23.1 Å². The molecule has 94 valence electrons. The fourth-order valence-electron chi connectivity index (χ4n) is 1.27. The molecule has 0 radical (unpaired) electrons. The number of pyridine rings is 1. The first kappa shape index (κ1) is 12.4. The van der Waals surface area contributed by atoms with Crippen LogP contribution in [0.25, 0.3) is 0 Å². The summed E-state index contributed by atoms with van der Waals surface area (Å²) < 4.78 is 17.7. The standard InChI is InChI=1S/C10H8ClFN4O2/c11-9-7(3-6(12)4-14-9)10(17)13-2-1-8-15-5-16-18-8/h3-5H,1-2H2,(H,13,17). The lowest BCUT2D eigenvalue weighted by atomic mass is 10.2. The molecule has 0 unspecified atom stereocenters. The highest BCUT2D eigenvalue weighted by Gasteiger charge is 2.12. The normalized spacial score (nSPS) is 10.3. The van der Waals surface area contributed by atoms with Crippen LogP contribution in [0.2, 0.25) is 5.15 Å². The van der Waals surface area contributed by atoms with Gasteiger partial charge in [0.05, 0.1) is 11.8 Å². The lowest BCUT2D eigenvalue weighted by Crippen LogP contribution is -2.26. The van der Waals surface area contributed by atoms with E-state index in [4.69, 9.17) is 16.1 Å². The van der Waals surface area contributed by atoms with Gasteiger partial charge in [-0.3, -0.25) is 4.79 Å². The summed E-state index contributed by atoms with van der Waals surface area (Å²) in [7, 11) is 0. The highest BCUT2D eigenvalue weighted by atomic mass is 35.5. The highest BCUT2D eigenvalue weighted by molar-refractivity contribution is 6.32. The third-order valence-electron chi connectivity index (χ3n) is 2.08. The summed E-state index contributed by atoms with van der Waals surface area (Å²) in [5.74, 6) is -0.730. The number of aromatic nitrogens is 3. The predicted octanol–water partition coefficient (Wildman–Crippen LogP) is 1.23. The molecule has 0 aliphatic carbocycles. The van der Waals surface area contributed by atoms with Crippen LogP contribution in [-0.2, 0) is 6.42 Å². The third kappa shape index (κ3) is 3.01. The van der Waals surface area contributed by atoms with Crippen molar-refractivity contribution in [3.05, 3.63) is 41.0 Å². The van der Waals surface area contributed by atoms with Crippen molar-refractivity contribution in [3.8, 4) is 0 Å². The van der Waals surface area contributed by atoms with Crippen molar-refractivity contribution in [2.24, 2.45) is 0 Å². The first-order valence-electron chi connectivity index (χ1n) is 5.01. The van der Waals surface area contributed by atoms with Crippen LogP contribution >= 0.6 is 11.6 Å². The van der Waals surface area contributed by atoms with Gasteiger partial charge in [-0.2, -0.15) is 4.98 Å². The quantitative estimate of drug-likeness (QED) is 0.845. The second kappa shape index (κ2) is 5.54. The van der Waals surface area contributed by atoms with Gasteiger partial charge in [0, 0.05) is 13.0 Å². The molecule has 0 spiro atoms. The Morgan fingerprint density at radius 1 is 1.50 bits per heavy atom. The van der Waals surface area contributed by atoms with Gasteiger partial charge in [0.1, 0.15) is 11.0 Å². The first-order chi connectivity index (χ1) is 8.66. The molecule has 0 saturated heterocycles. The maximum absolute atomic E-state index is 12.9. The van der Waals surface area contributed by atoms with E-state index >= 15 is 0 Å². The van der Waals surface area contributed by atoms with Gasteiger partial charge in [0.2, 0.25) is 5.89 Å². The fourth-order valence-corrected chi connectivity index (χ4v) is 1.46. The maximum atomic E-state index is 12.9. The number of nitrogens with zero attached hydrogens (tertiary/aromatic N) is 3. The van der Waals surface area contributed by atoms with E-state index in [1.807, 2.05) is 0 Å². The van der Waals surface area contributed by atoms with E-state index in [0.717, 1.165) is 12.3 Å². The summed E-state index contributed by atoms with van der Waals surface area (Å²) in [5, 5.41) is 5.92. The Labute approximate surface area is 106 Å². The van der Waals surface area contributed by atoms with Gasteiger partial charge < -0.3 is 9.84 Å². The summed E-state index contributed by atoms with van der Waals surface area (Å²) in [4.78, 5) is 19.0. The van der Waals surface area contributed by atoms with Crippen LogP contribution < -0.4 is 5.32 Å². The molecule has 0 atom stereocenters. The van der Waals surface area contributed by atoms with E-state index in [9.17, 15) is 9.18 Å². The van der Waals surface area contributed by atoms with Gasteiger partial charge in [-0.05, 0) is 6.07 Å². The van der Waals surface area contributed by atoms with Crippen molar-refractivity contribution >= 4 is 17.5 Å². The number of rotatable bonds is 4. The average molecular weight is 271 g/mol. The Morgan fingerprint density at radius 3 is 3.06 bits per heavy atom. The molecule has 18 heavy (non-hydrogen) atoms. The Balaban J connectivity index is 1.93. The summed E-state index contributed by atoms with van der Waals surface area (Å²) in [5.41, 5.74) is -0.0119. The number of carbonyl (C=O) groups is 1. The zero-order valence-corrected chi connectivity index (χ0v) is 9.82. The van der Waals surface area contributed by atoms with E-state index in [0.29, 0.717) is 12.3 Å². The van der Waals surface area contributed by atoms with Crippen molar-refractivity contribution in [2.75, 3.05) is 6.54 Å². The monoisotopic (exact) mass is 270 g/mol. The lowest BCUT2D eigenvalue weighted by molar-refractivity contribution is 0.0952. The van der Waals surface area contributed by atoms with Gasteiger partial charge in [-0.1, -0.05) is 16.8 Å². The summed E-state index contributed by atoms with van der Waals surface area (Å²) in [6.45, 7) is 0.272. The van der Waals surface area contributed by atoms with E-state index in [2.05, 4.69) is 20.4 Å². The predicted molar refractivity (Wildman–Crippen MR) is 59.5 cm³/mol. The molecule has 0 saturated carbocycles. The maximum Gasteiger partial charge on any atom is 0.254 e. The van der Waals surface area contributed by atoms with Crippen molar-refractivity contribution in [3.63, 3.8) is 0 Å². The van der Waals surface area contributed by atoms with Crippen molar-refractivity contribution in [1.82, 2.24) is 20.4 Å². The molecule has 2 aromatic rings. The van der Waals surface area contributed by atoms with E-state index in [1.165, 1.54) is 6.33 Å². The molecule has 2 rings (SSSR count). The van der Waals surface area contributed by atoms with Crippen LogP contribution in [0.3, 0.4) is 0 Å². The van der Waals surface area contributed by atoms with Gasteiger partial charge in [-0.15, -0.1) is 0 Å². The SMILES string of the molecule is O=C(NCCc1ncno1)c1cc(F)cnc1Cl. The molecule has 1 N–H and O–H groups in total. The highest BCUT2D eigenvalue weighted by Crippen LogP contribution is 2.13. The number of nitrogens with one attached hydrogen (secondary N) is 1. The minimum atomic E-state index is -0.624. The number of amides is 1. The number of hydrogen-bond acceptors (Lipinski definition) is 5. The average Bonchev–Trinajstić information content (AvgIpc) is 2.85. The van der Waals surface area contributed by atoms with Crippen LogP contribution in [0.1, 0.15) is 16.2 Å². The summed E-state index contributed by atoms with van der Waals surface area (Å²) >= 11 is 5.69. The third-order valence-corrected chi connectivity index (χ3v) is 2.38. The molecule has 0 bridgehead atoms. The molecular weight excluding hydrogens is 263 g/mol. The molecule has 1 amide bonds. The van der Waals surface area contributed by atoms with Crippen molar-refractivity contribution in [2.45, 2.75) is 6.42 Å². The van der Waals surface area contributed by atoms with Crippen molar-refractivity contribution in [1.29, 1.82) is 0 Å². The van der Waals surface area contributed by atoms with E-state index in [-0.39, 0.29) is 17.3 Å². The van der Waals surface area contributed by atoms with Crippen LogP contribution in [0.4, 0.5) is 4.39 Å². The fraction of sp³-hybridized carbons (Fsp3) is 0.200. The largest absolute Gasteiger partial charge is 0.351 e. The lowest BCUT2D eigenvalue weighted by Gasteiger charge is -2.04.